The molecule has 6 N–H and O–H groups in total. The number of anilines is 1. The van der Waals surface area contributed by atoms with E-state index in [0.717, 1.165) is 0 Å². The van der Waals surface area contributed by atoms with E-state index in [2.05, 4.69) is 48.9 Å². The number of fused-ring (bicyclic) bond motifs is 4. The summed E-state index contributed by atoms with van der Waals surface area (Å²) in [5.41, 5.74) is 11.5. The van der Waals surface area contributed by atoms with Crippen LogP contribution in [0.5, 0.6) is 0 Å². The molecule has 5 rings (SSSR count). The number of hydrogen-bond donors (Lipinski definition) is 5. The van der Waals surface area contributed by atoms with E-state index >= 15 is 0 Å². The molecule has 0 amide bonds. The number of rotatable bonds is 3. The van der Waals surface area contributed by atoms with Gasteiger partial charge >= 0.3 is 13.5 Å². The number of nitrogens with zero attached hydrogens (tertiary/aromatic N) is 7. The molecule has 0 radical (unpaired) electrons. The van der Waals surface area contributed by atoms with E-state index in [1.54, 1.807) is 0 Å². The Kier molecular flexibility index (Phi) is 8.51. The van der Waals surface area contributed by atoms with Crippen LogP contribution in [0.4, 0.5) is 11.8 Å². The number of amidine groups is 1. The number of nitrogens with one attached hydrogen (secondary N) is 1. The molecule has 222 valence electrons. The Balaban J connectivity index is 1.51. The zero-order chi connectivity index (χ0) is 29.5. The average molecular weight is 649 g/mol. The summed E-state index contributed by atoms with van der Waals surface area (Å²) >= 11 is 9.34. The number of aromatic amines is 1. The molecule has 2 aliphatic heterocycles. The standard InChI is InChI=1S/C19H26N10O8P2S2/c1-22-14(20)12-15(23-2)28-3-4-33-38(31,40)34-6-9-5-10(37-39(32,41)35-7-11(28)25-12)18(36-9)29-8-24-13-16(29)26-19(21)27-17(13)30/h8-10,18H,2-7H2,1H3,(H2,20,22)(H,31,40)(H,32,41)(H3,21,26,27,30)/t9-,10+,18+,38?,39?/m0/s1. The molecule has 0 aliphatic carbocycles. The van der Waals surface area contributed by atoms with E-state index in [1.807, 2.05) is 0 Å². The van der Waals surface area contributed by atoms with Gasteiger partial charge in [0.25, 0.3) is 5.56 Å². The lowest BCUT2D eigenvalue weighted by molar-refractivity contribution is -0.0440. The van der Waals surface area contributed by atoms with Gasteiger partial charge in [-0.15, -0.1) is 0 Å². The first kappa shape index (κ1) is 30.0. The van der Waals surface area contributed by atoms with Gasteiger partial charge in [-0.25, -0.2) is 19.5 Å². The van der Waals surface area contributed by atoms with Crippen LogP contribution in [-0.2, 0) is 52.4 Å². The predicted octanol–water partition coefficient (Wildman–Crippen LogP) is 0.756. The first-order valence-corrected chi connectivity index (χ1v) is 17.1. The van der Waals surface area contributed by atoms with Crippen molar-refractivity contribution in [1.29, 1.82) is 0 Å². The number of nitrogen functional groups attached to an aromatic ring is 1. The molecule has 22 heteroatoms. The van der Waals surface area contributed by atoms with Crippen molar-refractivity contribution in [2.45, 2.75) is 38.0 Å². The number of imidazole rings is 2. The topological polar surface area (TPSA) is 242 Å². The van der Waals surface area contributed by atoms with E-state index in [-0.39, 0.29) is 73.1 Å². The van der Waals surface area contributed by atoms with Crippen LogP contribution in [0, 0.1) is 0 Å². The Labute approximate surface area is 242 Å². The molecule has 0 spiro atoms. The molecule has 0 saturated carbocycles. The van der Waals surface area contributed by atoms with Gasteiger partial charge in [0, 0.05) is 20.0 Å². The van der Waals surface area contributed by atoms with E-state index in [9.17, 15) is 14.3 Å². The number of hydrogen-bond acceptors (Lipinski definition) is 14. The molecule has 1 fully saturated rings. The van der Waals surface area contributed by atoms with Crippen LogP contribution in [0.3, 0.4) is 0 Å². The van der Waals surface area contributed by atoms with Gasteiger partial charge < -0.3 is 34.7 Å². The third-order valence-electron chi connectivity index (χ3n) is 6.14. The van der Waals surface area contributed by atoms with Gasteiger partial charge in [0.15, 0.2) is 23.2 Å². The van der Waals surface area contributed by atoms with Crippen molar-refractivity contribution in [3.05, 3.63) is 28.2 Å². The van der Waals surface area contributed by atoms with E-state index in [0.29, 0.717) is 0 Å². The Hall–Kier alpha value is -2.51. The molecule has 3 aromatic heterocycles. The highest BCUT2D eigenvalue weighted by atomic mass is 32.7. The summed E-state index contributed by atoms with van der Waals surface area (Å²) in [7, 11) is 1.48. The highest BCUT2D eigenvalue weighted by molar-refractivity contribution is 8.44. The summed E-state index contributed by atoms with van der Waals surface area (Å²) in [5, 5.41) is 0. The average Bonchev–Trinajstić information content (AvgIpc) is 3.60. The van der Waals surface area contributed by atoms with E-state index in [1.165, 1.54) is 22.5 Å². The first-order valence-electron chi connectivity index (χ1n) is 11.9. The SMILES string of the molecule is C=Nc1c(C(N)=NC)nc2n1CCOP(O)(=S)OC[C@@H]1C[C@@H](OP(=O)(S)OC2)[C@H](n2cnc3c(=O)[nH]c(N)nc32)O1. The minimum Gasteiger partial charge on any atom is -0.382 e. The van der Waals surface area contributed by atoms with Crippen molar-refractivity contribution in [3.8, 4) is 0 Å². The minimum atomic E-state index is -4.09. The molecule has 2 unspecified atom stereocenters. The van der Waals surface area contributed by atoms with Crippen LogP contribution in [0.2, 0.25) is 0 Å². The second-order valence-electron chi connectivity index (χ2n) is 8.76. The molecule has 41 heavy (non-hydrogen) atoms. The second-order valence-corrected chi connectivity index (χ2v) is 14.5. The number of ether oxygens (including phenoxy) is 1. The van der Waals surface area contributed by atoms with Gasteiger partial charge in [0.1, 0.15) is 30.1 Å². The molecule has 0 aromatic carbocycles. The van der Waals surface area contributed by atoms with Crippen LogP contribution in [0.1, 0.15) is 24.2 Å². The van der Waals surface area contributed by atoms with Gasteiger partial charge in [-0.05, 0) is 18.5 Å². The lowest BCUT2D eigenvalue weighted by Crippen LogP contribution is -2.22. The Morgan fingerprint density at radius 2 is 2.15 bits per heavy atom. The smallest absolute Gasteiger partial charge is 0.382 e. The predicted molar refractivity (Wildman–Crippen MR) is 154 cm³/mol. The van der Waals surface area contributed by atoms with Crippen molar-refractivity contribution in [2.24, 2.45) is 15.7 Å². The Morgan fingerprint density at radius 1 is 1.37 bits per heavy atom. The molecule has 2 bridgehead atoms. The highest BCUT2D eigenvalue weighted by Gasteiger charge is 2.43. The van der Waals surface area contributed by atoms with Crippen LogP contribution in [-0.4, -0.2) is 79.0 Å². The summed E-state index contributed by atoms with van der Waals surface area (Å²) in [6, 6.07) is 0. The minimum absolute atomic E-state index is 0.00267. The first-order chi connectivity index (χ1) is 19.4. The molecule has 1 saturated heterocycles. The number of aliphatic imine (C=N–C) groups is 2. The van der Waals surface area contributed by atoms with Crippen molar-refractivity contribution < 1.29 is 32.3 Å². The second kappa shape index (κ2) is 11.6. The lowest BCUT2D eigenvalue weighted by atomic mass is 10.2. The molecule has 5 heterocycles. The normalized spacial score (nSPS) is 30.0. The van der Waals surface area contributed by atoms with Crippen LogP contribution in [0.15, 0.2) is 21.1 Å². The fourth-order valence-corrected chi connectivity index (χ4v) is 6.92. The zero-order valence-electron chi connectivity index (χ0n) is 21.4. The Morgan fingerprint density at radius 3 is 2.88 bits per heavy atom. The highest BCUT2D eigenvalue weighted by Crippen LogP contribution is 2.57. The molecular weight excluding hydrogens is 622 g/mol. The lowest BCUT2D eigenvalue weighted by Gasteiger charge is -2.23. The van der Waals surface area contributed by atoms with Gasteiger partial charge in [0.2, 0.25) is 5.95 Å². The van der Waals surface area contributed by atoms with E-state index < -0.39 is 37.5 Å². The number of H-pyrrole nitrogens is 1. The van der Waals surface area contributed by atoms with Crippen LogP contribution >= 0.6 is 25.8 Å². The number of nitrogens with two attached hydrogens (primary N) is 2. The van der Waals surface area contributed by atoms with Gasteiger partial charge in [-0.3, -0.25) is 28.4 Å². The van der Waals surface area contributed by atoms with Crippen molar-refractivity contribution in [2.75, 3.05) is 26.0 Å². The van der Waals surface area contributed by atoms with Crippen molar-refractivity contribution >= 4 is 73.1 Å². The quantitative estimate of drug-likeness (QED) is 0.114. The summed E-state index contributed by atoms with van der Waals surface area (Å²) < 4.78 is 45.0. The maximum Gasteiger partial charge on any atom is 0.386 e. The molecular formula is C19H26N10O8P2S2. The molecule has 5 atom stereocenters. The molecule has 2 aliphatic rings. The maximum absolute atomic E-state index is 13.5. The largest absolute Gasteiger partial charge is 0.386 e. The van der Waals surface area contributed by atoms with Crippen LogP contribution in [0.25, 0.3) is 11.2 Å². The van der Waals surface area contributed by atoms with Crippen molar-refractivity contribution in [3.63, 3.8) is 0 Å². The number of aromatic nitrogens is 6. The van der Waals surface area contributed by atoms with Gasteiger partial charge in [0.05, 0.1) is 25.6 Å². The van der Waals surface area contributed by atoms with E-state index in [4.69, 9.17) is 46.1 Å². The molecule has 3 aromatic rings. The summed E-state index contributed by atoms with van der Waals surface area (Å²) in [6.45, 7) is -4.85. The molecule has 18 nitrogen and oxygen atoms in total. The van der Waals surface area contributed by atoms with Gasteiger partial charge in [-0.2, -0.15) is 4.98 Å². The Bertz CT molecular complexity index is 1670. The van der Waals surface area contributed by atoms with Gasteiger partial charge in [-0.1, -0.05) is 12.2 Å². The fraction of sp³-hybridized carbons (Fsp3) is 0.474. The van der Waals surface area contributed by atoms with Crippen LogP contribution < -0.4 is 17.0 Å². The zero-order valence-corrected chi connectivity index (χ0v) is 24.9. The summed E-state index contributed by atoms with van der Waals surface area (Å²) in [5.74, 6) is 0.380. The monoisotopic (exact) mass is 648 g/mol. The summed E-state index contributed by atoms with van der Waals surface area (Å²) in [6.07, 6.45) is -1.32. The third-order valence-corrected chi connectivity index (χ3v) is 9.38. The van der Waals surface area contributed by atoms with Crippen molar-refractivity contribution in [1.82, 2.24) is 29.1 Å². The third kappa shape index (κ3) is 6.31. The maximum atomic E-state index is 13.5. The fourth-order valence-electron chi connectivity index (χ4n) is 4.37. The number of thiol groups is 1. The summed E-state index contributed by atoms with van der Waals surface area (Å²) in [4.78, 5) is 45.9.